The van der Waals surface area contributed by atoms with Crippen LogP contribution in [0.5, 0.6) is 5.75 Å². The molecule has 4 heteroatoms. The molecule has 0 atom stereocenters. The number of carbonyl (C=O) groups is 1. The fourth-order valence-corrected chi connectivity index (χ4v) is 1.16. The number of aryl methyl sites for hydroxylation is 1. The van der Waals surface area contributed by atoms with Gasteiger partial charge in [0.25, 0.3) is 0 Å². The predicted octanol–water partition coefficient (Wildman–Crippen LogP) is 1.44. The molecule has 1 rings (SSSR count). The SMILES string of the molecule is CC(=O)Nc1cc(C)ccc1OC[C]=O. The maximum absolute atomic E-state index is 10.9. The van der Waals surface area contributed by atoms with E-state index in [2.05, 4.69) is 5.32 Å². The molecule has 0 aromatic heterocycles. The van der Waals surface area contributed by atoms with E-state index in [0.717, 1.165) is 5.56 Å². The van der Waals surface area contributed by atoms with Gasteiger partial charge in [0, 0.05) is 6.92 Å². The third kappa shape index (κ3) is 3.42. The van der Waals surface area contributed by atoms with Gasteiger partial charge in [-0.2, -0.15) is 0 Å². The van der Waals surface area contributed by atoms with Crippen molar-refractivity contribution in [2.45, 2.75) is 13.8 Å². The van der Waals surface area contributed by atoms with Crippen molar-refractivity contribution in [3.8, 4) is 5.75 Å². The Morgan fingerprint density at radius 3 is 2.87 bits per heavy atom. The molecule has 15 heavy (non-hydrogen) atoms. The zero-order chi connectivity index (χ0) is 11.3. The quantitative estimate of drug-likeness (QED) is 0.811. The first kappa shape index (κ1) is 11.2. The smallest absolute Gasteiger partial charge is 0.239 e. The van der Waals surface area contributed by atoms with Crippen LogP contribution in [0.2, 0.25) is 0 Å². The van der Waals surface area contributed by atoms with Gasteiger partial charge < -0.3 is 10.1 Å². The first-order valence-electron chi connectivity index (χ1n) is 4.49. The summed E-state index contributed by atoms with van der Waals surface area (Å²) >= 11 is 0. The Balaban J connectivity index is 2.91. The van der Waals surface area contributed by atoms with Crippen LogP contribution >= 0.6 is 0 Å². The van der Waals surface area contributed by atoms with Gasteiger partial charge in [-0.15, -0.1) is 0 Å². The molecule has 0 unspecified atom stereocenters. The van der Waals surface area contributed by atoms with Crippen molar-refractivity contribution in [1.29, 1.82) is 0 Å². The molecule has 0 saturated carbocycles. The molecule has 1 aromatic carbocycles. The lowest BCUT2D eigenvalue weighted by molar-refractivity contribution is -0.114. The van der Waals surface area contributed by atoms with E-state index in [4.69, 9.17) is 4.74 Å². The van der Waals surface area contributed by atoms with Crippen LogP contribution < -0.4 is 10.1 Å². The maximum Gasteiger partial charge on any atom is 0.239 e. The Bertz CT molecular complexity index is 374. The Hall–Kier alpha value is -1.84. The van der Waals surface area contributed by atoms with Crippen LogP contribution in [0.15, 0.2) is 18.2 Å². The molecule has 0 spiro atoms. The summed E-state index contributed by atoms with van der Waals surface area (Å²) in [5.74, 6) is 0.291. The van der Waals surface area contributed by atoms with Crippen molar-refractivity contribution in [2.24, 2.45) is 0 Å². The van der Waals surface area contributed by atoms with Crippen LogP contribution in [0, 0.1) is 6.92 Å². The van der Waals surface area contributed by atoms with Crippen LogP contribution in [0.1, 0.15) is 12.5 Å². The minimum atomic E-state index is -0.180. The number of hydrogen-bond acceptors (Lipinski definition) is 3. The fraction of sp³-hybridized carbons (Fsp3) is 0.273. The number of ether oxygens (including phenoxy) is 1. The normalized spacial score (nSPS) is 9.47. The van der Waals surface area contributed by atoms with E-state index < -0.39 is 0 Å². The van der Waals surface area contributed by atoms with Gasteiger partial charge in [0.2, 0.25) is 12.2 Å². The largest absolute Gasteiger partial charge is 0.483 e. The average Bonchev–Trinajstić information content (AvgIpc) is 2.16. The van der Waals surface area contributed by atoms with Gasteiger partial charge in [-0.3, -0.25) is 9.59 Å². The third-order valence-corrected chi connectivity index (χ3v) is 1.73. The highest BCUT2D eigenvalue weighted by molar-refractivity contribution is 5.90. The molecule has 1 aromatic rings. The molecule has 0 heterocycles. The lowest BCUT2D eigenvalue weighted by Crippen LogP contribution is -2.08. The zero-order valence-electron chi connectivity index (χ0n) is 8.66. The first-order chi connectivity index (χ1) is 7.13. The zero-order valence-corrected chi connectivity index (χ0v) is 8.66. The molecule has 1 amide bonds. The van der Waals surface area contributed by atoms with Gasteiger partial charge in [-0.25, -0.2) is 0 Å². The number of benzene rings is 1. The van der Waals surface area contributed by atoms with Crippen LogP contribution in [0.25, 0.3) is 0 Å². The predicted molar refractivity (Wildman–Crippen MR) is 56.7 cm³/mol. The minimum Gasteiger partial charge on any atom is -0.483 e. The molecule has 1 N–H and O–H groups in total. The van der Waals surface area contributed by atoms with Crippen LogP contribution in [-0.4, -0.2) is 18.8 Å². The van der Waals surface area contributed by atoms with E-state index in [1.165, 1.54) is 6.92 Å². The Labute approximate surface area is 88.2 Å². The summed E-state index contributed by atoms with van der Waals surface area (Å²) in [6.07, 6.45) is 1.63. The summed E-state index contributed by atoms with van der Waals surface area (Å²) in [6.45, 7) is 3.18. The van der Waals surface area contributed by atoms with Crippen molar-refractivity contribution in [3.05, 3.63) is 23.8 Å². The van der Waals surface area contributed by atoms with E-state index in [-0.39, 0.29) is 12.5 Å². The fourth-order valence-electron chi connectivity index (χ4n) is 1.16. The number of nitrogens with one attached hydrogen (secondary N) is 1. The number of anilines is 1. The number of rotatable bonds is 4. The Kier molecular flexibility index (Phi) is 3.85. The van der Waals surface area contributed by atoms with E-state index in [9.17, 15) is 9.59 Å². The summed E-state index contributed by atoms with van der Waals surface area (Å²) in [6, 6.07) is 5.32. The van der Waals surface area contributed by atoms with Crippen LogP contribution in [0.4, 0.5) is 5.69 Å². The topological polar surface area (TPSA) is 55.4 Å². The summed E-state index contributed by atoms with van der Waals surface area (Å²) < 4.78 is 5.10. The lowest BCUT2D eigenvalue weighted by atomic mass is 10.2. The van der Waals surface area contributed by atoms with Crippen molar-refractivity contribution in [2.75, 3.05) is 11.9 Å². The van der Waals surface area contributed by atoms with Gasteiger partial charge in [-0.1, -0.05) is 6.07 Å². The second-order valence-electron chi connectivity index (χ2n) is 3.11. The average molecular weight is 206 g/mol. The second-order valence-corrected chi connectivity index (χ2v) is 3.11. The van der Waals surface area contributed by atoms with Crippen molar-refractivity contribution >= 4 is 17.9 Å². The molecule has 4 nitrogen and oxygen atoms in total. The molecule has 0 aliphatic heterocycles. The summed E-state index contributed by atoms with van der Waals surface area (Å²) in [4.78, 5) is 20.9. The highest BCUT2D eigenvalue weighted by Gasteiger charge is 2.05. The molecule has 0 aliphatic rings. The van der Waals surface area contributed by atoms with Gasteiger partial charge >= 0.3 is 0 Å². The standard InChI is InChI=1S/C11H12NO3/c1-8-3-4-11(15-6-5-13)10(7-8)12-9(2)14/h3-4,7H,6H2,1-2H3,(H,12,14). The summed E-state index contributed by atoms with van der Waals surface area (Å²) in [5.41, 5.74) is 1.57. The second kappa shape index (κ2) is 5.14. The van der Waals surface area contributed by atoms with Gasteiger partial charge in [0.1, 0.15) is 5.75 Å². The maximum atomic E-state index is 10.9. The highest BCUT2D eigenvalue weighted by atomic mass is 16.5. The molecular formula is C11H12NO3. The molecule has 1 radical (unpaired) electrons. The monoisotopic (exact) mass is 206 g/mol. The van der Waals surface area contributed by atoms with E-state index in [1.54, 1.807) is 18.4 Å². The number of hydrogen-bond donors (Lipinski definition) is 1. The van der Waals surface area contributed by atoms with Crippen molar-refractivity contribution in [1.82, 2.24) is 0 Å². The molecular weight excluding hydrogens is 194 g/mol. The molecule has 0 bridgehead atoms. The molecule has 79 valence electrons. The third-order valence-electron chi connectivity index (χ3n) is 1.73. The molecule has 0 saturated heterocycles. The minimum absolute atomic E-state index is 0.143. The van der Waals surface area contributed by atoms with Crippen molar-refractivity contribution in [3.63, 3.8) is 0 Å². The van der Waals surface area contributed by atoms with Gasteiger partial charge in [0.05, 0.1) is 5.69 Å². The lowest BCUT2D eigenvalue weighted by Gasteiger charge is -2.10. The Morgan fingerprint density at radius 1 is 1.53 bits per heavy atom. The van der Waals surface area contributed by atoms with E-state index >= 15 is 0 Å². The van der Waals surface area contributed by atoms with Crippen LogP contribution in [-0.2, 0) is 9.59 Å². The van der Waals surface area contributed by atoms with E-state index in [1.807, 2.05) is 13.0 Å². The summed E-state index contributed by atoms with van der Waals surface area (Å²) in [5, 5.41) is 2.63. The van der Waals surface area contributed by atoms with Gasteiger partial charge in [0.15, 0.2) is 6.61 Å². The van der Waals surface area contributed by atoms with Gasteiger partial charge in [-0.05, 0) is 24.6 Å². The highest BCUT2D eigenvalue weighted by Crippen LogP contribution is 2.25. The Morgan fingerprint density at radius 2 is 2.27 bits per heavy atom. The first-order valence-corrected chi connectivity index (χ1v) is 4.49. The molecule has 0 fully saturated rings. The molecule has 0 aliphatic carbocycles. The number of carbonyl (C=O) groups excluding carboxylic acids is 2. The number of amides is 1. The van der Waals surface area contributed by atoms with E-state index in [0.29, 0.717) is 11.4 Å². The van der Waals surface area contributed by atoms with Crippen molar-refractivity contribution < 1.29 is 14.3 Å². The van der Waals surface area contributed by atoms with Crippen LogP contribution in [0.3, 0.4) is 0 Å². The summed E-state index contributed by atoms with van der Waals surface area (Å²) in [7, 11) is 0.